The van der Waals surface area contributed by atoms with Gasteiger partial charge in [0, 0.05) is 5.92 Å². The molecule has 0 radical (unpaired) electrons. The van der Waals surface area contributed by atoms with Crippen LogP contribution in [0.3, 0.4) is 0 Å². The van der Waals surface area contributed by atoms with E-state index in [-0.39, 0.29) is 11.8 Å². The van der Waals surface area contributed by atoms with Gasteiger partial charge in [-0.3, -0.25) is 0 Å². The molecule has 0 fully saturated rings. The van der Waals surface area contributed by atoms with Gasteiger partial charge < -0.3 is 16.0 Å². The largest absolute Gasteiger partial charge is 0.409 e. The standard InChI is InChI=1S/C8H12N2O2/c9-8(10-12)7(11)6-4-2-1-3-5-6/h1-4,6-7,11-12H,5H2,(H2,9,10). The van der Waals surface area contributed by atoms with E-state index in [9.17, 15) is 5.11 Å². The van der Waals surface area contributed by atoms with Crippen molar-refractivity contribution in [1.82, 2.24) is 0 Å². The average Bonchev–Trinajstić information content (AvgIpc) is 2.17. The first kappa shape index (κ1) is 8.80. The monoisotopic (exact) mass is 168 g/mol. The molecule has 0 amide bonds. The van der Waals surface area contributed by atoms with Gasteiger partial charge in [0.1, 0.15) is 6.10 Å². The molecule has 4 heteroatoms. The Labute approximate surface area is 70.7 Å². The average molecular weight is 168 g/mol. The van der Waals surface area contributed by atoms with Crippen molar-refractivity contribution < 1.29 is 10.3 Å². The second-order valence-electron chi connectivity index (χ2n) is 2.68. The molecule has 0 heterocycles. The minimum Gasteiger partial charge on any atom is -0.409 e. The zero-order valence-corrected chi connectivity index (χ0v) is 6.59. The SMILES string of the molecule is NC(=NO)C(O)C1C=CC=CC1. The zero-order chi connectivity index (χ0) is 8.97. The molecule has 12 heavy (non-hydrogen) atoms. The number of allylic oxidation sites excluding steroid dienone is 3. The van der Waals surface area contributed by atoms with Crippen LogP contribution < -0.4 is 5.73 Å². The fraction of sp³-hybridized carbons (Fsp3) is 0.375. The Morgan fingerprint density at radius 1 is 1.58 bits per heavy atom. The summed E-state index contributed by atoms with van der Waals surface area (Å²) in [5.74, 6) is -0.217. The van der Waals surface area contributed by atoms with Gasteiger partial charge >= 0.3 is 0 Å². The van der Waals surface area contributed by atoms with Crippen LogP contribution in [0.25, 0.3) is 0 Å². The van der Waals surface area contributed by atoms with E-state index in [0.717, 1.165) is 0 Å². The van der Waals surface area contributed by atoms with E-state index in [2.05, 4.69) is 5.16 Å². The second kappa shape index (κ2) is 3.92. The van der Waals surface area contributed by atoms with Crippen molar-refractivity contribution in [2.24, 2.45) is 16.8 Å². The van der Waals surface area contributed by atoms with Crippen molar-refractivity contribution in [3.63, 3.8) is 0 Å². The van der Waals surface area contributed by atoms with E-state index in [1.807, 2.05) is 24.3 Å². The van der Waals surface area contributed by atoms with Gasteiger partial charge in [-0.05, 0) is 6.42 Å². The first-order valence-electron chi connectivity index (χ1n) is 3.74. The van der Waals surface area contributed by atoms with Crippen molar-refractivity contribution in [2.75, 3.05) is 0 Å². The smallest absolute Gasteiger partial charge is 0.168 e. The Morgan fingerprint density at radius 3 is 2.83 bits per heavy atom. The molecule has 2 unspecified atom stereocenters. The summed E-state index contributed by atoms with van der Waals surface area (Å²) in [6, 6.07) is 0. The molecule has 0 bridgehead atoms. The highest BCUT2D eigenvalue weighted by Crippen LogP contribution is 2.15. The predicted molar refractivity (Wildman–Crippen MR) is 45.8 cm³/mol. The van der Waals surface area contributed by atoms with Crippen molar-refractivity contribution in [3.05, 3.63) is 24.3 Å². The topological polar surface area (TPSA) is 78.8 Å². The molecule has 0 aromatic rings. The molecular formula is C8H12N2O2. The number of amidine groups is 1. The third-order valence-corrected chi connectivity index (χ3v) is 1.84. The molecule has 0 aromatic heterocycles. The maximum absolute atomic E-state index is 9.44. The van der Waals surface area contributed by atoms with Crippen LogP contribution in [0, 0.1) is 5.92 Å². The maximum atomic E-state index is 9.44. The van der Waals surface area contributed by atoms with E-state index >= 15 is 0 Å². The van der Waals surface area contributed by atoms with Crippen molar-refractivity contribution >= 4 is 5.84 Å². The zero-order valence-electron chi connectivity index (χ0n) is 6.59. The van der Waals surface area contributed by atoms with E-state index in [0.29, 0.717) is 6.42 Å². The van der Waals surface area contributed by atoms with Crippen LogP contribution in [0.2, 0.25) is 0 Å². The third-order valence-electron chi connectivity index (χ3n) is 1.84. The summed E-state index contributed by atoms with van der Waals surface area (Å²) in [6.07, 6.45) is 7.32. The summed E-state index contributed by atoms with van der Waals surface area (Å²) >= 11 is 0. The second-order valence-corrected chi connectivity index (χ2v) is 2.68. The Bertz CT molecular complexity index is 233. The van der Waals surface area contributed by atoms with Crippen LogP contribution in [0.15, 0.2) is 29.5 Å². The number of rotatable bonds is 2. The first-order chi connectivity index (χ1) is 5.75. The quantitative estimate of drug-likeness (QED) is 0.239. The number of hydrogen-bond donors (Lipinski definition) is 3. The summed E-state index contributed by atoms with van der Waals surface area (Å²) in [6.45, 7) is 0. The van der Waals surface area contributed by atoms with Crippen LogP contribution >= 0.6 is 0 Å². The van der Waals surface area contributed by atoms with E-state index in [1.165, 1.54) is 0 Å². The highest BCUT2D eigenvalue weighted by atomic mass is 16.4. The lowest BCUT2D eigenvalue weighted by Crippen LogP contribution is -2.34. The van der Waals surface area contributed by atoms with Gasteiger partial charge in [-0.25, -0.2) is 0 Å². The molecule has 1 aliphatic carbocycles. The molecule has 0 saturated carbocycles. The number of nitrogens with two attached hydrogens (primary N) is 1. The van der Waals surface area contributed by atoms with Gasteiger partial charge in [0.15, 0.2) is 5.84 Å². The molecular weight excluding hydrogens is 156 g/mol. The van der Waals surface area contributed by atoms with Gasteiger partial charge in [-0.1, -0.05) is 29.5 Å². The lowest BCUT2D eigenvalue weighted by molar-refractivity contribution is 0.186. The summed E-state index contributed by atoms with van der Waals surface area (Å²) in [7, 11) is 0. The fourth-order valence-electron chi connectivity index (χ4n) is 1.11. The highest BCUT2D eigenvalue weighted by molar-refractivity contribution is 5.84. The lowest BCUT2D eigenvalue weighted by Gasteiger charge is -2.18. The highest BCUT2D eigenvalue weighted by Gasteiger charge is 2.20. The lowest BCUT2D eigenvalue weighted by atomic mass is 9.94. The Hall–Kier alpha value is -1.29. The van der Waals surface area contributed by atoms with Crippen LogP contribution in [0.4, 0.5) is 0 Å². The summed E-state index contributed by atoms with van der Waals surface area (Å²) in [4.78, 5) is 0. The molecule has 4 nitrogen and oxygen atoms in total. The number of hydrogen-bond acceptors (Lipinski definition) is 3. The van der Waals surface area contributed by atoms with Crippen LogP contribution in [-0.4, -0.2) is 22.3 Å². The maximum Gasteiger partial charge on any atom is 0.168 e. The summed E-state index contributed by atoms with van der Waals surface area (Å²) in [5.41, 5.74) is 5.24. The molecule has 0 spiro atoms. The van der Waals surface area contributed by atoms with E-state index in [1.54, 1.807) is 0 Å². The molecule has 0 aliphatic heterocycles. The molecule has 2 atom stereocenters. The number of nitrogens with zero attached hydrogens (tertiary/aromatic N) is 1. The van der Waals surface area contributed by atoms with Gasteiger partial charge in [-0.2, -0.15) is 0 Å². The Morgan fingerprint density at radius 2 is 2.33 bits per heavy atom. The van der Waals surface area contributed by atoms with Gasteiger partial charge in [-0.15, -0.1) is 0 Å². The van der Waals surface area contributed by atoms with Gasteiger partial charge in [0.2, 0.25) is 0 Å². The van der Waals surface area contributed by atoms with Crippen LogP contribution in [0.1, 0.15) is 6.42 Å². The molecule has 0 saturated heterocycles. The number of oxime groups is 1. The number of aliphatic hydroxyl groups is 1. The normalized spacial score (nSPS) is 25.8. The Kier molecular flexibility index (Phi) is 2.88. The fourth-order valence-corrected chi connectivity index (χ4v) is 1.11. The van der Waals surface area contributed by atoms with E-state index in [4.69, 9.17) is 10.9 Å². The molecule has 4 N–H and O–H groups in total. The van der Waals surface area contributed by atoms with Crippen LogP contribution in [0.5, 0.6) is 0 Å². The third kappa shape index (κ3) is 1.85. The minimum absolute atomic E-state index is 0.0779. The number of aliphatic hydroxyl groups excluding tert-OH is 1. The van der Waals surface area contributed by atoms with Crippen molar-refractivity contribution in [2.45, 2.75) is 12.5 Å². The molecule has 66 valence electrons. The predicted octanol–water partition coefficient (Wildman–Crippen LogP) is 0.226. The molecule has 1 rings (SSSR count). The van der Waals surface area contributed by atoms with Crippen molar-refractivity contribution in [1.29, 1.82) is 0 Å². The van der Waals surface area contributed by atoms with E-state index < -0.39 is 6.10 Å². The minimum atomic E-state index is -0.892. The van der Waals surface area contributed by atoms with Gasteiger partial charge in [0.25, 0.3) is 0 Å². The molecule has 1 aliphatic rings. The summed E-state index contributed by atoms with van der Waals surface area (Å²) < 4.78 is 0. The van der Waals surface area contributed by atoms with Crippen molar-refractivity contribution in [3.8, 4) is 0 Å². The first-order valence-corrected chi connectivity index (χ1v) is 3.74. The van der Waals surface area contributed by atoms with Gasteiger partial charge in [0.05, 0.1) is 0 Å². The molecule has 0 aromatic carbocycles. The van der Waals surface area contributed by atoms with Crippen LogP contribution in [-0.2, 0) is 0 Å². The Balaban J connectivity index is 2.59. The summed E-state index contributed by atoms with van der Waals surface area (Å²) in [5, 5.41) is 20.5.